The summed E-state index contributed by atoms with van der Waals surface area (Å²) in [4.78, 5) is 0. The summed E-state index contributed by atoms with van der Waals surface area (Å²) in [6.07, 6.45) is 2.26. The molecule has 0 aliphatic rings. The van der Waals surface area contributed by atoms with Crippen LogP contribution in [-0.2, 0) is 6.42 Å². The number of aromatic hydroxyl groups is 1. The van der Waals surface area contributed by atoms with Crippen molar-refractivity contribution in [1.29, 1.82) is 0 Å². The fourth-order valence-electron chi connectivity index (χ4n) is 2.58. The molecule has 3 nitrogen and oxygen atoms in total. The van der Waals surface area contributed by atoms with E-state index in [0.29, 0.717) is 5.75 Å². The standard InChI is InChI=1S/C22H22O3/c23-19-16-14-18(15-17-19)8-7-13-22(24-20-9-3-1-4-10-20)25-21-11-5-2-6-12-21/h1-6,9-12,14-17,22-23H,7-8,13H2. The number of phenolic OH excluding ortho intramolecular Hbond substituents is 1. The lowest BCUT2D eigenvalue weighted by Gasteiger charge is -2.20. The van der Waals surface area contributed by atoms with Gasteiger partial charge in [0.25, 0.3) is 0 Å². The molecule has 0 spiro atoms. The molecule has 3 heteroatoms. The Morgan fingerprint density at radius 3 is 1.72 bits per heavy atom. The van der Waals surface area contributed by atoms with E-state index in [1.54, 1.807) is 12.1 Å². The maximum absolute atomic E-state index is 9.36. The maximum atomic E-state index is 9.36. The quantitative estimate of drug-likeness (QED) is 0.576. The van der Waals surface area contributed by atoms with Crippen LogP contribution < -0.4 is 9.47 Å². The molecule has 1 N–H and O–H groups in total. The molecule has 0 atom stereocenters. The summed E-state index contributed by atoms with van der Waals surface area (Å²) in [6.45, 7) is 0. The smallest absolute Gasteiger partial charge is 0.241 e. The first kappa shape index (κ1) is 16.9. The van der Waals surface area contributed by atoms with E-state index in [9.17, 15) is 5.11 Å². The minimum atomic E-state index is -0.345. The Balaban J connectivity index is 1.60. The maximum Gasteiger partial charge on any atom is 0.241 e. The van der Waals surface area contributed by atoms with Gasteiger partial charge in [-0.25, -0.2) is 0 Å². The molecule has 3 aromatic carbocycles. The van der Waals surface area contributed by atoms with Gasteiger partial charge in [-0.15, -0.1) is 0 Å². The summed E-state index contributed by atoms with van der Waals surface area (Å²) in [6, 6.07) is 26.8. The molecule has 0 amide bonds. The van der Waals surface area contributed by atoms with Gasteiger partial charge >= 0.3 is 0 Å². The van der Waals surface area contributed by atoms with E-state index in [0.717, 1.165) is 30.8 Å². The Hall–Kier alpha value is -2.94. The topological polar surface area (TPSA) is 38.7 Å². The van der Waals surface area contributed by atoms with E-state index in [4.69, 9.17) is 9.47 Å². The van der Waals surface area contributed by atoms with Gasteiger partial charge in [0.15, 0.2) is 0 Å². The van der Waals surface area contributed by atoms with E-state index in [-0.39, 0.29) is 6.29 Å². The predicted molar refractivity (Wildman–Crippen MR) is 99.0 cm³/mol. The van der Waals surface area contributed by atoms with E-state index >= 15 is 0 Å². The lowest BCUT2D eigenvalue weighted by Crippen LogP contribution is -2.24. The van der Waals surface area contributed by atoms with Crippen molar-refractivity contribution in [1.82, 2.24) is 0 Å². The van der Waals surface area contributed by atoms with Crippen LogP contribution in [0.1, 0.15) is 18.4 Å². The zero-order valence-electron chi connectivity index (χ0n) is 14.0. The highest BCUT2D eigenvalue weighted by molar-refractivity contribution is 5.26. The SMILES string of the molecule is Oc1ccc(CCCC(Oc2ccccc2)Oc2ccccc2)cc1. The molecule has 0 aromatic heterocycles. The average Bonchev–Trinajstić information content (AvgIpc) is 2.65. The minimum Gasteiger partial charge on any atom is -0.508 e. The predicted octanol–water partition coefficient (Wildman–Crippen LogP) is 5.20. The van der Waals surface area contributed by atoms with Crippen LogP contribution in [0.5, 0.6) is 17.2 Å². The number of para-hydroxylation sites is 2. The first-order valence-corrected chi connectivity index (χ1v) is 8.51. The second kappa shape index (κ2) is 8.78. The molecule has 0 aliphatic carbocycles. The van der Waals surface area contributed by atoms with Gasteiger partial charge in [-0.2, -0.15) is 0 Å². The zero-order chi connectivity index (χ0) is 17.3. The number of rotatable bonds is 8. The molecular formula is C22H22O3. The van der Waals surface area contributed by atoms with Gasteiger partial charge in [-0.05, 0) is 54.8 Å². The highest BCUT2D eigenvalue weighted by atomic mass is 16.7. The summed E-state index contributed by atoms with van der Waals surface area (Å²) in [5, 5.41) is 9.36. The normalized spacial score (nSPS) is 10.6. The molecule has 0 fully saturated rings. The highest BCUT2D eigenvalue weighted by Crippen LogP contribution is 2.19. The van der Waals surface area contributed by atoms with Gasteiger partial charge < -0.3 is 14.6 Å². The summed E-state index contributed by atoms with van der Waals surface area (Å²) in [5.74, 6) is 1.89. The monoisotopic (exact) mass is 334 g/mol. The van der Waals surface area contributed by atoms with E-state index in [2.05, 4.69) is 0 Å². The molecule has 128 valence electrons. The van der Waals surface area contributed by atoms with Gasteiger partial charge in [0, 0.05) is 6.42 Å². The van der Waals surface area contributed by atoms with Crippen molar-refractivity contribution >= 4 is 0 Å². The second-order valence-corrected chi connectivity index (χ2v) is 5.85. The number of hydrogen-bond donors (Lipinski definition) is 1. The Morgan fingerprint density at radius 1 is 0.680 bits per heavy atom. The molecule has 0 heterocycles. The fraction of sp³-hybridized carbons (Fsp3) is 0.182. The first-order valence-electron chi connectivity index (χ1n) is 8.51. The van der Waals surface area contributed by atoms with Crippen molar-refractivity contribution in [3.63, 3.8) is 0 Å². The Morgan fingerprint density at radius 2 is 1.20 bits per heavy atom. The van der Waals surface area contributed by atoms with Gasteiger partial charge in [-0.1, -0.05) is 48.5 Å². The Bertz CT molecular complexity index is 698. The van der Waals surface area contributed by atoms with E-state index in [1.807, 2.05) is 72.8 Å². The van der Waals surface area contributed by atoms with Crippen LogP contribution in [0.4, 0.5) is 0 Å². The third-order valence-electron chi connectivity index (χ3n) is 3.86. The van der Waals surface area contributed by atoms with Crippen LogP contribution in [0.15, 0.2) is 84.9 Å². The molecule has 3 aromatic rings. The molecule has 25 heavy (non-hydrogen) atoms. The molecule has 0 unspecified atom stereocenters. The highest BCUT2D eigenvalue weighted by Gasteiger charge is 2.12. The van der Waals surface area contributed by atoms with Gasteiger partial charge in [0.05, 0.1) is 0 Å². The van der Waals surface area contributed by atoms with Crippen molar-refractivity contribution in [3.8, 4) is 17.2 Å². The number of aryl methyl sites for hydroxylation is 1. The summed E-state index contributed by atoms with van der Waals surface area (Å²) in [7, 11) is 0. The Labute approximate surface area is 148 Å². The lowest BCUT2D eigenvalue weighted by molar-refractivity contribution is -0.00191. The van der Waals surface area contributed by atoms with Crippen molar-refractivity contribution in [2.24, 2.45) is 0 Å². The Kier molecular flexibility index (Phi) is 5.94. The van der Waals surface area contributed by atoms with Crippen molar-refractivity contribution in [2.45, 2.75) is 25.6 Å². The largest absolute Gasteiger partial charge is 0.508 e. The van der Waals surface area contributed by atoms with E-state index in [1.165, 1.54) is 5.56 Å². The third kappa shape index (κ3) is 5.57. The molecular weight excluding hydrogens is 312 g/mol. The summed E-state index contributed by atoms with van der Waals surface area (Å²) >= 11 is 0. The molecule has 0 saturated heterocycles. The zero-order valence-corrected chi connectivity index (χ0v) is 14.0. The molecule has 0 aliphatic heterocycles. The van der Waals surface area contributed by atoms with Crippen molar-refractivity contribution < 1.29 is 14.6 Å². The molecule has 0 saturated carbocycles. The number of phenols is 1. The summed E-state index contributed by atoms with van der Waals surface area (Å²) < 4.78 is 12.0. The average molecular weight is 334 g/mol. The van der Waals surface area contributed by atoms with Crippen LogP contribution in [0, 0.1) is 0 Å². The van der Waals surface area contributed by atoms with Crippen molar-refractivity contribution in [2.75, 3.05) is 0 Å². The van der Waals surface area contributed by atoms with Crippen LogP contribution in [-0.4, -0.2) is 11.4 Å². The van der Waals surface area contributed by atoms with Crippen LogP contribution in [0.25, 0.3) is 0 Å². The van der Waals surface area contributed by atoms with Gasteiger partial charge in [0.2, 0.25) is 6.29 Å². The fourth-order valence-corrected chi connectivity index (χ4v) is 2.58. The van der Waals surface area contributed by atoms with Crippen LogP contribution in [0.3, 0.4) is 0 Å². The first-order chi connectivity index (χ1) is 12.3. The van der Waals surface area contributed by atoms with Crippen LogP contribution >= 0.6 is 0 Å². The summed E-state index contributed by atoms with van der Waals surface area (Å²) in [5.41, 5.74) is 1.19. The second-order valence-electron chi connectivity index (χ2n) is 5.85. The number of hydrogen-bond acceptors (Lipinski definition) is 3. The number of benzene rings is 3. The van der Waals surface area contributed by atoms with Crippen LogP contribution in [0.2, 0.25) is 0 Å². The van der Waals surface area contributed by atoms with Gasteiger partial charge in [-0.3, -0.25) is 0 Å². The van der Waals surface area contributed by atoms with E-state index < -0.39 is 0 Å². The number of ether oxygens (including phenoxy) is 2. The lowest BCUT2D eigenvalue weighted by atomic mass is 10.1. The molecule has 0 bridgehead atoms. The minimum absolute atomic E-state index is 0.293. The molecule has 0 radical (unpaired) electrons. The van der Waals surface area contributed by atoms with Crippen molar-refractivity contribution in [3.05, 3.63) is 90.5 Å². The van der Waals surface area contributed by atoms with Gasteiger partial charge in [0.1, 0.15) is 17.2 Å². The molecule has 3 rings (SSSR count). The third-order valence-corrected chi connectivity index (χ3v) is 3.86.